The molecule has 0 bridgehead atoms. The number of pyridine rings is 1. The Bertz CT molecular complexity index is 677. The van der Waals surface area contributed by atoms with E-state index in [4.69, 9.17) is 5.73 Å². The van der Waals surface area contributed by atoms with Crippen LogP contribution in [0.1, 0.15) is 12.0 Å². The predicted molar refractivity (Wildman–Crippen MR) is 79.5 cm³/mol. The van der Waals surface area contributed by atoms with Gasteiger partial charge in [-0.1, -0.05) is 12.1 Å². The largest absolute Gasteiger partial charge is 0.399 e. The lowest BCUT2D eigenvalue weighted by atomic mass is 10.2. The molecule has 0 spiro atoms. The number of hydrogen-bond donors (Lipinski definition) is 2. The van der Waals surface area contributed by atoms with Crippen LogP contribution in [-0.2, 0) is 11.3 Å². The topological polar surface area (TPSA) is 77.1 Å². The zero-order valence-corrected chi connectivity index (χ0v) is 11.3. The Morgan fingerprint density at radius 1 is 1.30 bits per heavy atom. The smallest absolute Gasteiger partial charge is 0.250 e. The highest BCUT2D eigenvalue weighted by atomic mass is 16.1. The molecule has 0 aliphatic carbocycles. The van der Waals surface area contributed by atoms with Gasteiger partial charge < -0.3 is 15.6 Å². The third-order valence-electron chi connectivity index (χ3n) is 2.88. The van der Waals surface area contributed by atoms with Crippen molar-refractivity contribution in [3.8, 4) is 0 Å². The van der Waals surface area contributed by atoms with E-state index in [1.807, 2.05) is 6.92 Å². The minimum absolute atomic E-state index is 0.104. The lowest BCUT2D eigenvalue weighted by molar-refractivity contribution is -0.116. The number of hydrogen-bond acceptors (Lipinski definition) is 3. The van der Waals surface area contributed by atoms with Gasteiger partial charge in [-0.05, 0) is 30.7 Å². The third-order valence-corrected chi connectivity index (χ3v) is 2.88. The van der Waals surface area contributed by atoms with Crippen LogP contribution in [0.25, 0.3) is 0 Å². The van der Waals surface area contributed by atoms with Gasteiger partial charge in [0.2, 0.25) is 5.91 Å². The molecule has 5 nitrogen and oxygen atoms in total. The number of anilines is 2. The van der Waals surface area contributed by atoms with Gasteiger partial charge in [0.25, 0.3) is 5.56 Å². The van der Waals surface area contributed by atoms with Crippen LogP contribution in [0.15, 0.2) is 47.4 Å². The SMILES string of the molecule is Cc1ccc(=O)n(CCC(=O)Nc2cccc(N)c2)c1. The van der Waals surface area contributed by atoms with Crippen LogP contribution in [0.3, 0.4) is 0 Å². The Balaban J connectivity index is 1.95. The number of benzene rings is 1. The summed E-state index contributed by atoms with van der Waals surface area (Å²) >= 11 is 0. The van der Waals surface area contributed by atoms with E-state index in [1.54, 1.807) is 36.5 Å². The Hall–Kier alpha value is -2.56. The second kappa shape index (κ2) is 6.06. The molecule has 0 saturated carbocycles. The molecule has 1 aromatic carbocycles. The number of aromatic nitrogens is 1. The van der Waals surface area contributed by atoms with Crippen molar-refractivity contribution in [3.63, 3.8) is 0 Å². The predicted octanol–water partition coefficient (Wildman–Crippen LogP) is 1.77. The van der Waals surface area contributed by atoms with E-state index in [1.165, 1.54) is 10.6 Å². The number of nitrogens with zero attached hydrogens (tertiary/aromatic N) is 1. The lowest BCUT2D eigenvalue weighted by Gasteiger charge is -2.08. The summed E-state index contributed by atoms with van der Waals surface area (Å²) in [5.74, 6) is -0.149. The summed E-state index contributed by atoms with van der Waals surface area (Å²) in [7, 11) is 0. The first-order valence-corrected chi connectivity index (χ1v) is 6.37. The first-order valence-electron chi connectivity index (χ1n) is 6.37. The molecule has 2 rings (SSSR count). The summed E-state index contributed by atoms with van der Waals surface area (Å²) in [4.78, 5) is 23.4. The van der Waals surface area contributed by atoms with Gasteiger partial charge in [0, 0.05) is 36.6 Å². The molecule has 0 unspecified atom stereocenters. The maximum atomic E-state index is 11.8. The van der Waals surface area contributed by atoms with Gasteiger partial charge in [-0.3, -0.25) is 9.59 Å². The van der Waals surface area contributed by atoms with Crippen LogP contribution < -0.4 is 16.6 Å². The number of amides is 1. The zero-order valence-electron chi connectivity index (χ0n) is 11.3. The molecule has 2 aromatic rings. The maximum absolute atomic E-state index is 11.8. The van der Waals surface area contributed by atoms with E-state index >= 15 is 0 Å². The molecule has 1 aromatic heterocycles. The summed E-state index contributed by atoms with van der Waals surface area (Å²) in [6, 6.07) is 10.2. The Kier molecular flexibility index (Phi) is 4.20. The standard InChI is InChI=1S/C15H17N3O2/c1-11-5-6-15(20)18(10-11)8-7-14(19)17-13-4-2-3-12(16)9-13/h2-6,9-10H,7-8,16H2,1H3,(H,17,19). The monoisotopic (exact) mass is 271 g/mol. The minimum atomic E-state index is -0.149. The molecular formula is C15H17N3O2. The molecule has 1 amide bonds. The van der Waals surface area contributed by atoms with Crippen molar-refractivity contribution in [2.75, 3.05) is 11.1 Å². The molecule has 0 saturated heterocycles. The van der Waals surface area contributed by atoms with Crippen molar-refractivity contribution in [1.82, 2.24) is 4.57 Å². The first kappa shape index (κ1) is 13.9. The van der Waals surface area contributed by atoms with E-state index in [2.05, 4.69) is 5.32 Å². The van der Waals surface area contributed by atoms with Gasteiger partial charge in [0.15, 0.2) is 0 Å². The summed E-state index contributed by atoms with van der Waals surface area (Å²) in [5, 5.41) is 2.75. The molecule has 1 heterocycles. The lowest BCUT2D eigenvalue weighted by Crippen LogP contribution is -2.22. The van der Waals surface area contributed by atoms with Gasteiger partial charge in [0.05, 0.1) is 0 Å². The summed E-state index contributed by atoms with van der Waals surface area (Å²) < 4.78 is 1.54. The Labute approximate surface area is 117 Å². The van der Waals surface area contributed by atoms with Gasteiger partial charge in [-0.25, -0.2) is 0 Å². The van der Waals surface area contributed by atoms with Crippen molar-refractivity contribution in [2.45, 2.75) is 19.9 Å². The quantitative estimate of drug-likeness (QED) is 0.832. The molecule has 0 fully saturated rings. The van der Waals surface area contributed by atoms with Crippen LogP contribution >= 0.6 is 0 Å². The van der Waals surface area contributed by atoms with E-state index in [-0.39, 0.29) is 17.9 Å². The number of carbonyl (C=O) groups excluding carboxylic acids is 1. The van der Waals surface area contributed by atoms with E-state index in [9.17, 15) is 9.59 Å². The van der Waals surface area contributed by atoms with Crippen molar-refractivity contribution in [3.05, 3.63) is 58.5 Å². The number of carbonyl (C=O) groups is 1. The van der Waals surface area contributed by atoms with Crippen molar-refractivity contribution >= 4 is 17.3 Å². The van der Waals surface area contributed by atoms with Gasteiger partial charge in [-0.2, -0.15) is 0 Å². The third kappa shape index (κ3) is 3.71. The van der Waals surface area contributed by atoms with Crippen molar-refractivity contribution in [2.24, 2.45) is 0 Å². The van der Waals surface area contributed by atoms with Crippen LogP contribution in [0.2, 0.25) is 0 Å². The maximum Gasteiger partial charge on any atom is 0.250 e. The number of rotatable bonds is 4. The first-order chi connectivity index (χ1) is 9.54. The fraction of sp³-hybridized carbons (Fsp3) is 0.200. The number of nitrogens with one attached hydrogen (secondary N) is 1. The van der Waals surface area contributed by atoms with Gasteiger partial charge >= 0.3 is 0 Å². The van der Waals surface area contributed by atoms with Crippen LogP contribution in [0.5, 0.6) is 0 Å². The summed E-state index contributed by atoms with van der Waals surface area (Å²) in [6.07, 6.45) is 1.98. The molecule has 3 N–H and O–H groups in total. The molecule has 0 radical (unpaired) electrons. The van der Waals surface area contributed by atoms with Gasteiger partial charge in [0.1, 0.15) is 0 Å². The van der Waals surface area contributed by atoms with E-state index < -0.39 is 0 Å². The summed E-state index contributed by atoms with van der Waals surface area (Å²) in [6.45, 7) is 2.26. The van der Waals surface area contributed by atoms with E-state index in [0.717, 1.165) is 5.56 Å². The van der Waals surface area contributed by atoms with Crippen LogP contribution in [0, 0.1) is 6.92 Å². The molecule has 0 aliphatic rings. The number of aryl methyl sites for hydroxylation is 2. The highest BCUT2D eigenvalue weighted by Crippen LogP contribution is 2.11. The second-order valence-corrected chi connectivity index (χ2v) is 4.66. The zero-order chi connectivity index (χ0) is 14.5. The molecule has 104 valence electrons. The second-order valence-electron chi connectivity index (χ2n) is 4.66. The molecule has 5 heteroatoms. The van der Waals surface area contributed by atoms with Crippen molar-refractivity contribution < 1.29 is 4.79 Å². The highest BCUT2D eigenvalue weighted by molar-refractivity contribution is 5.91. The van der Waals surface area contributed by atoms with Crippen LogP contribution in [-0.4, -0.2) is 10.5 Å². The fourth-order valence-corrected chi connectivity index (χ4v) is 1.89. The normalized spacial score (nSPS) is 10.2. The summed E-state index contributed by atoms with van der Waals surface area (Å²) in [5.41, 5.74) is 7.78. The number of nitrogens with two attached hydrogens (primary N) is 1. The molecule has 0 atom stereocenters. The molecular weight excluding hydrogens is 254 g/mol. The average molecular weight is 271 g/mol. The highest BCUT2D eigenvalue weighted by Gasteiger charge is 2.04. The molecule has 20 heavy (non-hydrogen) atoms. The van der Waals surface area contributed by atoms with Crippen LogP contribution in [0.4, 0.5) is 11.4 Å². The molecule has 0 aliphatic heterocycles. The minimum Gasteiger partial charge on any atom is -0.399 e. The average Bonchev–Trinajstić information content (AvgIpc) is 2.40. The van der Waals surface area contributed by atoms with E-state index in [0.29, 0.717) is 17.9 Å². The fourth-order valence-electron chi connectivity index (χ4n) is 1.89. The van der Waals surface area contributed by atoms with Gasteiger partial charge in [-0.15, -0.1) is 0 Å². The number of nitrogen functional groups attached to an aromatic ring is 1. The Morgan fingerprint density at radius 2 is 2.10 bits per heavy atom. The Morgan fingerprint density at radius 3 is 2.85 bits per heavy atom. The van der Waals surface area contributed by atoms with Crippen molar-refractivity contribution in [1.29, 1.82) is 0 Å².